The van der Waals surface area contributed by atoms with Crippen molar-refractivity contribution >= 4 is 22.9 Å². The molecule has 2 aromatic heterocycles. The Morgan fingerprint density at radius 3 is 2.76 bits per heavy atom. The van der Waals surface area contributed by atoms with Gasteiger partial charge in [-0.3, -0.25) is 0 Å². The minimum atomic E-state index is -1.42. The Balaban J connectivity index is 2.13. The van der Waals surface area contributed by atoms with Crippen molar-refractivity contribution < 1.29 is 15.3 Å². The molecular weight excluding hydrogens is 276 g/mol. The van der Waals surface area contributed by atoms with Gasteiger partial charge in [-0.25, -0.2) is 4.98 Å². The number of aliphatic hydroxyl groups excluding tert-OH is 2. The Morgan fingerprint density at radius 2 is 2.14 bits per heavy atom. The molecule has 1 fully saturated rings. The number of nitrogens with zero attached hydrogens (tertiary/aromatic N) is 4. The summed E-state index contributed by atoms with van der Waals surface area (Å²) in [6.07, 6.45) is 0.835. The van der Waals surface area contributed by atoms with Crippen molar-refractivity contribution in [2.24, 2.45) is 5.92 Å². The topological polar surface area (TPSA) is 156 Å². The van der Waals surface area contributed by atoms with Crippen LogP contribution in [-0.2, 0) is 0 Å². The zero-order valence-electron chi connectivity index (χ0n) is 11.5. The molecule has 0 saturated heterocycles. The fraction of sp³-hybridized carbons (Fsp3) is 0.583. The average molecular weight is 294 g/mol. The maximum Gasteiger partial charge on any atom is 0.224 e. The second-order valence-corrected chi connectivity index (χ2v) is 5.66. The maximum absolute atomic E-state index is 10.6. The summed E-state index contributed by atoms with van der Waals surface area (Å²) in [6.45, 7) is 1.32. The van der Waals surface area contributed by atoms with Crippen LogP contribution in [0.4, 0.5) is 11.8 Å². The quantitative estimate of drug-likeness (QED) is 0.455. The number of hydrogen-bond donors (Lipinski definition) is 5. The number of nitrogens with two attached hydrogens (primary N) is 2. The molecule has 0 radical (unpaired) electrons. The second-order valence-electron chi connectivity index (χ2n) is 5.66. The molecule has 7 N–H and O–H groups in total. The zero-order valence-corrected chi connectivity index (χ0v) is 11.5. The molecule has 2 aromatic rings. The van der Waals surface area contributed by atoms with Gasteiger partial charge in [-0.15, -0.1) is 0 Å². The van der Waals surface area contributed by atoms with Crippen LogP contribution < -0.4 is 11.5 Å². The molecular formula is C12H18N6O3. The van der Waals surface area contributed by atoms with Crippen LogP contribution >= 0.6 is 0 Å². The van der Waals surface area contributed by atoms with E-state index in [9.17, 15) is 15.3 Å². The molecule has 21 heavy (non-hydrogen) atoms. The summed E-state index contributed by atoms with van der Waals surface area (Å²) >= 11 is 0. The number of nitrogen functional groups attached to an aromatic ring is 2. The lowest BCUT2D eigenvalue weighted by Gasteiger charge is -2.29. The number of hydrogen-bond acceptors (Lipinski definition) is 8. The molecule has 4 atom stereocenters. The van der Waals surface area contributed by atoms with Gasteiger partial charge in [0.15, 0.2) is 11.5 Å². The third-order valence-corrected chi connectivity index (χ3v) is 4.28. The second kappa shape index (κ2) is 4.52. The van der Waals surface area contributed by atoms with Crippen LogP contribution in [0.15, 0.2) is 6.33 Å². The van der Waals surface area contributed by atoms with Gasteiger partial charge in [0, 0.05) is 12.5 Å². The smallest absolute Gasteiger partial charge is 0.224 e. The van der Waals surface area contributed by atoms with Gasteiger partial charge in [0.25, 0.3) is 0 Å². The molecule has 9 heteroatoms. The molecule has 0 spiro atoms. The lowest BCUT2D eigenvalue weighted by molar-refractivity contribution is -0.0777. The summed E-state index contributed by atoms with van der Waals surface area (Å²) in [4.78, 5) is 12.1. The normalized spacial score (nSPS) is 32.9. The predicted molar refractivity (Wildman–Crippen MR) is 75.0 cm³/mol. The van der Waals surface area contributed by atoms with Crippen LogP contribution in [0.3, 0.4) is 0 Å². The van der Waals surface area contributed by atoms with Crippen LogP contribution in [-0.4, -0.2) is 53.2 Å². The summed E-state index contributed by atoms with van der Waals surface area (Å²) in [7, 11) is 0. The highest BCUT2D eigenvalue weighted by molar-refractivity contribution is 5.82. The number of fused-ring (bicyclic) bond motifs is 1. The van der Waals surface area contributed by atoms with Gasteiger partial charge in [0.05, 0.1) is 18.5 Å². The molecule has 3 rings (SSSR count). The molecule has 9 nitrogen and oxygen atoms in total. The minimum absolute atomic E-state index is 0.0126. The van der Waals surface area contributed by atoms with E-state index in [0.717, 1.165) is 0 Å². The predicted octanol–water partition coefficient (Wildman–Crippen LogP) is -1.34. The molecule has 1 aliphatic rings. The molecule has 2 heterocycles. The Bertz CT molecular complexity index is 685. The van der Waals surface area contributed by atoms with Crippen molar-refractivity contribution in [2.75, 3.05) is 18.1 Å². The van der Waals surface area contributed by atoms with E-state index < -0.39 is 23.7 Å². The summed E-state index contributed by atoms with van der Waals surface area (Å²) in [5.41, 5.74) is 10.7. The van der Waals surface area contributed by atoms with Gasteiger partial charge >= 0.3 is 0 Å². The summed E-state index contributed by atoms with van der Waals surface area (Å²) in [6, 6.07) is -0.497. The van der Waals surface area contributed by atoms with Gasteiger partial charge in [-0.05, 0) is 13.3 Å². The average Bonchev–Trinajstić information content (AvgIpc) is 2.91. The number of aliphatic hydroxyl groups is 3. The molecule has 0 bridgehead atoms. The van der Waals surface area contributed by atoms with Gasteiger partial charge in [0.2, 0.25) is 5.95 Å². The monoisotopic (exact) mass is 294 g/mol. The third-order valence-electron chi connectivity index (χ3n) is 4.28. The van der Waals surface area contributed by atoms with Gasteiger partial charge < -0.3 is 31.4 Å². The van der Waals surface area contributed by atoms with E-state index in [2.05, 4.69) is 15.0 Å². The van der Waals surface area contributed by atoms with E-state index in [1.165, 1.54) is 13.3 Å². The highest BCUT2D eigenvalue weighted by Crippen LogP contribution is 2.44. The summed E-state index contributed by atoms with van der Waals surface area (Å²) in [5.74, 6) is -0.245. The maximum atomic E-state index is 10.6. The van der Waals surface area contributed by atoms with Crippen LogP contribution in [0.2, 0.25) is 0 Å². The van der Waals surface area contributed by atoms with Crippen LogP contribution in [0.5, 0.6) is 0 Å². The van der Waals surface area contributed by atoms with E-state index in [1.54, 1.807) is 4.57 Å². The highest BCUT2D eigenvalue weighted by Gasteiger charge is 2.51. The van der Waals surface area contributed by atoms with Gasteiger partial charge in [-0.1, -0.05) is 0 Å². The van der Waals surface area contributed by atoms with Gasteiger partial charge in [0.1, 0.15) is 11.1 Å². The van der Waals surface area contributed by atoms with E-state index in [4.69, 9.17) is 11.5 Å². The first-order valence-electron chi connectivity index (χ1n) is 6.63. The lowest BCUT2D eigenvalue weighted by Crippen LogP contribution is -2.42. The minimum Gasteiger partial charge on any atom is -0.396 e. The van der Waals surface area contributed by atoms with Crippen molar-refractivity contribution in [3.8, 4) is 0 Å². The van der Waals surface area contributed by atoms with Crippen molar-refractivity contribution in [1.82, 2.24) is 19.5 Å². The van der Waals surface area contributed by atoms with Crippen LogP contribution in [0.25, 0.3) is 11.2 Å². The van der Waals surface area contributed by atoms with Crippen LogP contribution in [0.1, 0.15) is 19.4 Å². The molecule has 0 amide bonds. The number of aromatic nitrogens is 4. The third kappa shape index (κ3) is 1.93. The molecule has 1 aliphatic carbocycles. The van der Waals surface area contributed by atoms with Crippen molar-refractivity contribution in [2.45, 2.75) is 31.1 Å². The first-order valence-corrected chi connectivity index (χ1v) is 6.63. The van der Waals surface area contributed by atoms with Gasteiger partial charge in [-0.2, -0.15) is 9.97 Å². The largest absolute Gasteiger partial charge is 0.396 e. The molecule has 0 unspecified atom stereocenters. The van der Waals surface area contributed by atoms with E-state index in [-0.39, 0.29) is 18.4 Å². The first kappa shape index (κ1) is 14.0. The Labute approximate surface area is 120 Å². The molecule has 0 aromatic carbocycles. The summed E-state index contributed by atoms with van der Waals surface area (Å²) in [5, 5.41) is 30.0. The molecule has 1 saturated carbocycles. The van der Waals surface area contributed by atoms with E-state index in [1.807, 2.05) is 0 Å². The Morgan fingerprint density at radius 1 is 1.43 bits per heavy atom. The standard InChI is InChI=1S/C12H18N6O3/c1-12(21)6(2-5(3-19)8(12)20)18-4-15-7-9(13)16-11(14)17-10(7)18/h4-6,8,19-21H,2-3H2,1H3,(H4,13,14,16,17)/t5-,6-,8-,12+/m1/s1. The number of imidazole rings is 1. The Kier molecular flexibility index (Phi) is 3.01. The first-order chi connectivity index (χ1) is 9.86. The van der Waals surface area contributed by atoms with Crippen molar-refractivity contribution in [1.29, 1.82) is 0 Å². The van der Waals surface area contributed by atoms with E-state index in [0.29, 0.717) is 17.6 Å². The fourth-order valence-corrected chi connectivity index (χ4v) is 3.08. The number of rotatable bonds is 2. The van der Waals surface area contributed by atoms with E-state index >= 15 is 0 Å². The fourth-order valence-electron chi connectivity index (χ4n) is 3.08. The van der Waals surface area contributed by atoms with Crippen molar-refractivity contribution in [3.63, 3.8) is 0 Å². The lowest BCUT2D eigenvalue weighted by atomic mass is 9.96. The molecule has 114 valence electrons. The zero-order chi connectivity index (χ0) is 15.4. The Hall–Kier alpha value is -1.97. The van der Waals surface area contributed by atoms with Crippen LogP contribution in [0, 0.1) is 5.92 Å². The molecule has 0 aliphatic heterocycles. The van der Waals surface area contributed by atoms with Crippen molar-refractivity contribution in [3.05, 3.63) is 6.33 Å². The SMILES string of the molecule is C[C@@]1(O)[C@H](O)[C@@H](CO)C[C@H]1n1cnc2c(N)nc(N)nc21. The summed E-state index contributed by atoms with van der Waals surface area (Å²) < 4.78 is 1.63. The highest BCUT2D eigenvalue weighted by atomic mass is 16.3. The number of anilines is 2.